The summed E-state index contributed by atoms with van der Waals surface area (Å²) in [6.45, 7) is 1.51. The zero-order chi connectivity index (χ0) is 15.5. The molecule has 1 amide bonds. The molecule has 1 aliphatic heterocycles. The van der Waals surface area contributed by atoms with Crippen molar-refractivity contribution in [2.45, 2.75) is 18.9 Å². The molecule has 2 aromatic rings. The second kappa shape index (κ2) is 7.86. The summed E-state index contributed by atoms with van der Waals surface area (Å²) >= 11 is 6.17. The third kappa shape index (κ3) is 3.89. The van der Waals surface area contributed by atoms with Gasteiger partial charge < -0.3 is 14.6 Å². The molecule has 6 heteroatoms. The van der Waals surface area contributed by atoms with Gasteiger partial charge in [0.05, 0.1) is 5.02 Å². The third-order valence-electron chi connectivity index (χ3n) is 4.15. The van der Waals surface area contributed by atoms with E-state index in [1.807, 2.05) is 36.2 Å². The van der Waals surface area contributed by atoms with E-state index in [9.17, 15) is 4.79 Å². The van der Waals surface area contributed by atoms with Crippen LogP contribution in [0, 0.1) is 0 Å². The van der Waals surface area contributed by atoms with Crippen molar-refractivity contribution >= 4 is 29.9 Å². The molecular weight excluding hydrogens is 335 g/mol. The molecule has 1 aromatic carbocycles. The van der Waals surface area contributed by atoms with Crippen LogP contribution in [0.4, 0.5) is 0 Å². The lowest BCUT2D eigenvalue weighted by Gasteiger charge is -2.31. The smallest absolute Gasteiger partial charge is 0.289 e. The van der Waals surface area contributed by atoms with E-state index >= 15 is 0 Å². The van der Waals surface area contributed by atoms with E-state index in [4.69, 9.17) is 16.0 Å². The molecule has 1 fully saturated rings. The number of benzene rings is 1. The van der Waals surface area contributed by atoms with Crippen LogP contribution in [-0.4, -0.2) is 37.0 Å². The van der Waals surface area contributed by atoms with Gasteiger partial charge in [-0.1, -0.05) is 23.7 Å². The van der Waals surface area contributed by atoms with Crippen LogP contribution in [-0.2, 0) is 0 Å². The normalized spacial score (nSPS) is 15.3. The van der Waals surface area contributed by atoms with E-state index < -0.39 is 0 Å². The highest BCUT2D eigenvalue weighted by Crippen LogP contribution is 2.29. The zero-order valence-corrected chi connectivity index (χ0v) is 14.5. The summed E-state index contributed by atoms with van der Waals surface area (Å²) in [4.78, 5) is 14.4. The number of likely N-dealkylation sites (tertiary alicyclic amines) is 1. The molecule has 23 heavy (non-hydrogen) atoms. The zero-order valence-electron chi connectivity index (χ0n) is 12.9. The number of piperidine rings is 1. The Morgan fingerprint density at radius 1 is 1.22 bits per heavy atom. The molecule has 1 aromatic heterocycles. The molecule has 0 saturated carbocycles. The van der Waals surface area contributed by atoms with Gasteiger partial charge in [-0.25, -0.2) is 0 Å². The number of hydrogen-bond acceptors (Lipinski definition) is 3. The molecule has 3 rings (SSSR count). The highest BCUT2D eigenvalue weighted by atomic mass is 35.5. The van der Waals surface area contributed by atoms with Gasteiger partial charge in [0, 0.05) is 24.7 Å². The molecule has 4 nitrogen and oxygen atoms in total. The van der Waals surface area contributed by atoms with Crippen molar-refractivity contribution in [3.8, 4) is 11.3 Å². The fourth-order valence-electron chi connectivity index (χ4n) is 2.79. The van der Waals surface area contributed by atoms with Gasteiger partial charge in [0.1, 0.15) is 5.76 Å². The molecular formula is C17H20Cl2N2O2. The molecule has 0 radical (unpaired) electrons. The average molecular weight is 355 g/mol. The number of halogens is 2. The summed E-state index contributed by atoms with van der Waals surface area (Å²) in [6, 6.07) is 11.5. The molecule has 1 N–H and O–H groups in total. The maximum absolute atomic E-state index is 12.5. The maximum atomic E-state index is 12.5. The topological polar surface area (TPSA) is 45.5 Å². The molecule has 0 atom stereocenters. The van der Waals surface area contributed by atoms with Gasteiger partial charge in [-0.05, 0) is 44.2 Å². The predicted octanol–water partition coefficient (Wildman–Crippen LogP) is 3.85. The molecule has 1 saturated heterocycles. The first-order chi connectivity index (χ1) is 10.7. The van der Waals surface area contributed by atoms with Gasteiger partial charge in [-0.15, -0.1) is 12.4 Å². The van der Waals surface area contributed by atoms with E-state index in [0.717, 1.165) is 31.5 Å². The summed E-state index contributed by atoms with van der Waals surface area (Å²) in [7, 11) is 1.96. The van der Waals surface area contributed by atoms with E-state index in [-0.39, 0.29) is 18.3 Å². The van der Waals surface area contributed by atoms with Crippen LogP contribution in [0.2, 0.25) is 5.02 Å². The van der Waals surface area contributed by atoms with Crippen molar-refractivity contribution in [2.24, 2.45) is 0 Å². The first-order valence-corrected chi connectivity index (χ1v) is 7.88. The Balaban J connectivity index is 0.00000192. The minimum Gasteiger partial charge on any atom is -0.451 e. The highest BCUT2D eigenvalue weighted by molar-refractivity contribution is 6.33. The minimum absolute atomic E-state index is 0. The van der Waals surface area contributed by atoms with E-state index in [0.29, 0.717) is 22.6 Å². The van der Waals surface area contributed by atoms with Crippen molar-refractivity contribution in [1.29, 1.82) is 0 Å². The van der Waals surface area contributed by atoms with Crippen LogP contribution in [0.1, 0.15) is 23.4 Å². The molecule has 0 bridgehead atoms. The number of hydrogen-bond donors (Lipinski definition) is 1. The second-order valence-corrected chi connectivity index (χ2v) is 5.91. The van der Waals surface area contributed by atoms with Gasteiger partial charge in [0.25, 0.3) is 5.91 Å². The second-order valence-electron chi connectivity index (χ2n) is 5.50. The predicted molar refractivity (Wildman–Crippen MR) is 94.4 cm³/mol. The van der Waals surface area contributed by atoms with Gasteiger partial charge >= 0.3 is 0 Å². The molecule has 1 aliphatic rings. The number of amides is 1. The first kappa shape index (κ1) is 17.9. The lowest BCUT2D eigenvalue weighted by atomic mass is 10.1. The summed E-state index contributed by atoms with van der Waals surface area (Å²) in [6.07, 6.45) is 1.95. The average Bonchev–Trinajstić information content (AvgIpc) is 3.04. The summed E-state index contributed by atoms with van der Waals surface area (Å²) < 4.78 is 5.73. The summed E-state index contributed by atoms with van der Waals surface area (Å²) in [5.41, 5.74) is 0.803. The number of nitrogens with zero attached hydrogens (tertiary/aromatic N) is 1. The van der Waals surface area contributed by atoms with Gasteiger partial charge in [0.2, 0.25) is 0 Å². The van der Waals surface area contributed by atoms with E-state index in [2.05, 4.69) is 5.32 Å². The van der Waals surface area contributed by atoms with Crippen molar-refractivity contribution < 1.29 is 9.21 Å². The lowest BCUT2D eigenvalue weighted by Crippen LogP contribution is -2.43. The highest BCUT2D eigenvalue weighted by Gasteiger charge is 2.25. The molecule has 0 spiro atoms. The van der Waals surface area contributed by atoms with Crippen LogP contribution in [0.15, 0.2) is 40.8 Å². The van der Waals surface area contributed by atoms with Crippen molar-refractivity contribution in [3.05, 3.63) is 47.2 Å². The molecule has 2 heterocycles. The number of nitrogens with one attached hydrogen (secondary N) is 1. The van der Waals surface area contributed by atoms with Crippen LogP contribution >= 0.6 is 24.0 Å². The Morgan fingerprint density at radius 2 is 1.91 bits per heavy atom. The monoisotopic (exact) mass is 354 g/mol. The largest absolute Gasteiger partial charge is 0.451 e. The van der Waals surface area contributed by atoms with Gasteiger partial charge in [0.15, 0.2) is 5.76 Å². The van der Waals surface area contributed by atoms with Gasteiger partial charge in [-0.3, -0.25) is 4.79 Å². The number of carbonyl (C=O) groups excluding carboxylic acids is 1. The quantitative estimate of drug-likeness (QED) is 0.910. The van der Waals surface area contributed by atoms with Crippen LogP contribution in [0.25, 0.3) is 11.3 Å². The summed E-state index contributed by atoms with van der Waals surface area (Å²) in [5, 5.41) is 3.88. The standard InChI is InChI=1S/C17H19ClN2O2.ClH/c1-19-12-8-10-20(11-9-12)17(21)16-7-6-15(22-16)13-4-2-3-5-14(13)18;/h2-7,12,19H,8-11H2,1H3;1H. The first-order valence-electron chi connectivity index (χ1n) is 7.50. The Labute approximate surface area is 147 Å². The van der Waals surface area contributed by atoms with Gasteiger partial charge in [-0.2, -0.15) is 0 Å². The van der Waals surface area contributed by atoms with Crippen LogP contribution < -0.4 is 5.32 Å². The Bertz CT molecular complexity index is 664. The van der Waals surface area contributed by atoms with E-state index in [1.165, 1.54) is 0 Å². The molecule has 124 valence electrons. The van der Waals surface area contributed by atoms with Crippen LogP contribution in [0.3, 0.4) is 0 Å². The van der Waals surface area contributed by atoms with E-state index in [1.54, 1.807) is 12.1 Å². The number of carbonyl (C=O) groups is 1. The Morgan fingerprint density at radius 3 is 2.57 bits per heavy atom. The minimum atomic E-state index is -0.0483. The fourth-order valence-corrected chi connectivity index (χ4v) is 3.01. The molecule has 0 unspecified atom stereocenters. The van der Waals surface area contributed by atoms with Crippen molar-refractivity contribution in [3.63, 3.8) is 0 Å². The maximum Gasteiger partial charge on any atom is 0.289 e. The van der Waals surface area contributed by atoms with Crippen molar-refractivity contribution in [1.82, 2.24) is 10.2 Å². The SMILES string of the molecule is CNC1CCN(C(=O)c2ccc(-c3ccccc3Cl)o2)CC1.Cl. The number of rotatable bonds is 3. The van der Waals surface area contributed by atoms with Crippen LogP contribution in [0.5, 0.6) is 0 Å². The van der Waals surface area contributed by atoms with Crippen molar-refractivity contribution in [2.75, 3.05) is 20.1 Å². The summed E-state index contributed by atoms with van der Waals surface area (Å²) in [5.74, 6) is 0.949. The Kier molecular flexibility index (Phi) is 6.10. The number of furan rings is 1. The Hall–Kier alpha value is -1.49. The third-order valence-corrected chi connectivity index (χ3v) is 4.48. The fraction of sp³-hybridized carbons (Fsp3) is 0.353. The molecule has 0 aliphatic carbocycles. The lowest BCUT2D eigenvalue weighted by molar-refractivity contribution is 0.0676.